The van der Waals surface area contributed by atoms with Crippen molar-refractivity contribution in [1.29, 1.82) is 0 Å². The number of rotatable bonds is 7. The molecule has 0 aliphatic carbocycles. The summed E-state index contributed by atoms with van der Waals surface area (Å²) in [5, 5.41) is 13.3. The smallest absolute Gasteiger partial charge is 0.193 e. The van der Waals surface area contributed by atoms with Gasteiger partial charge in [-0.2, -0.15) is 0 Å². The van der Waals surface area contributed by atoms with Crippen LogP contribution in [0.15, 0.2) is 47.5 Å². The van der Waals surface area contributed by atoms with Gasteiger partial charge < -0.3 is 20.1 Å². The maximum atomic E-state index is 13.0. The standard InChI is InChI=1S/C20H26FN3O2/c1-4-22-20(24(2)14-15-5-8-17(21)9-6-15)23-12-11-16-7-10-18(26-3)13-19(16)25/h5-10,13,25H,4,11-12,14H2,1-3H3,(H,22,23). The second-order valence-electron chi connectivity index (χ2n) is 5.96. The lowest BCUT2D eigenvalue weighted by atomic mass is 10.1. The molecule has 0 radical (unpaired) electrons. The van der Waals surface area contributed by atoms with E-state index in [-0.39, 0.29) is 11.6 Å². The van der Waals surface area contributed by atoms with E-state index < -0.39 is 0 Å². The van der Waals surface area contributed by atoms with Crippen molar-refractivity contribution < 1.29 is 14.2 Å². The molecule has 140 valence electrons. The molecule has 26 heavy (non-hydrogen) atoms. The summed E-state index contributed by atoms with van der Waals surface area (Å²) in [6, 6.07) is 11.7. The predicted molar refractivity (Wildman–Crippen MR) is 102 cm³/mol. The number of nitrogens with zero attached hydrogens (tertiary/aromatic N) is 2. The minimum atomic E-state index is -0.240. The average molecular weight is 359 g/mol. The number of ether oxygens (including phenoxy) is 1. The van der Waals surface area contributed by atoms with Crippen molar-refractivity contribution in [2.75, 3.05) is 27.2 Å². The molecule has 0 aromatic heterocycles. The van der Waals surface area contributed by atoms with Crippen LogP contribution in [0.3, 0.4) is 0 Å². The molecular weight excluding hydrogens is 333 g/mol. The van der Waals surface area contributed by atoms with Crippen LogP contribution in [-0.4, -0.2) is 43.2 Å². The van der Waals surface area contributed by atoms with E-state index in [4.69, 9.17) is 4.74 Å². The van der Waals surface area contributed by atoms with Crippen LogP contribution in [-0.2, 0) is 13.0 Å². The van der Waals surface area contributed by atoms with E-state index in [1.165, 1.54) is 12.1 Å². The second-order valence-corrected chi connectivity index (χ2v) is 5.96. The van der Waals surface area contributed by atoms with Crippen LogP contribution in [0.4, 0.5) is 4.39 Å². The molecule has 0 fully saturated rings. The molecule has 0 heterocycles. The zero-order chi connectivity index (χ0) is 18.9. The Bertz CT molecular complexity index is 732. The van der Waals surface area contributed by atoms with E-state index in [2.05, 4.69) is 10.3 Å². The van der Waals surface area contributed by atoms with Crippen LogP contribution in [0.2, 0.25) is 0 Å². The summed E-state index contributed by atoms with van der Waals surface area (Å²) in [6.07, 6.45) is 0.620. The fourth-order valence-corrected chi connectivity index (χ4v) is 2.57. The van der Waals surface area contributed by atoms with E-state index in [9.17, 15) is 9.50 Å². The third kappa shape index (κ3) is 5.65. The first-order chi connectivity index (χ1) is 12.5. The minimum Gasteiger partial charge on any atom is -0.508 e. The van der Waals surface area contributed by atoms with E-state index in [1.807, 2.05) is 31.0 Å². The largest absolute Gasteiger partial charge is 0.508 e. The van der Waals surface area contributed by atoms with Gasteiger partial charge in [-0.15, -0.1) is 0 Å². The molecule has 6 heteroatoms. The Morgan fingerprint density at radius 2 is 1.96 bits per heavy atom. The van der Waals surface area contributed by atoms with Crippen LogP contribution in [0.5, 0.6) is 11.5 Å². The lowest BCUT2D eigenvalue weighted by Gasteiger charge is -2.22. The molecule has 0 unspecified atom stereocenters. The van der Waals surface area contributed by atoms with Gasteiger partial charge in [-0.25, -0.2) is 4.39 Å². The number of phenolic OH excluding ortho intramolecular Hbond substituents is 1. The lowest BCUT2D eigenvalue weighted by Crippen LogP contribution is -2.38. The van der Waals surface area contributed by atoms with Crippen molar-refractivity contribution in [3.63, 3.8) is 0 Å². The molecular formula is C20H26FN3O2. The lowest BCUT2D eigenvalue weighted by molar-refractivity contribution is 0.406. The summed E-state index contributed by atoms with van der Waals surface area (Å²) in [5.41, 5.74) is 1.83. The number of hydrogen-bond acceptors (Lipinski definition) is 3. The molecule has 0 aliphatic rings. The summed E-state index contributed by atoms with van der Waals surface area (Å²) in [4.78, 5) is 6.61. The number of phenols is 1. The van der Waals surface area contributed by atoms with Crippen LogP contribution in [0, 0.1) is 5.82 Å². The Balaban J connectivity index is 2.00. The van der Waals surface area contributed by atoms with E-state index >= 15 is 0 Å². The summed E-state index contributed by atoms with van der Waals surface area (Å²) in [6.45, 7) is 3.92. The highest BCUT2D eigenvalue weighted by molar-refractivity contribution is 5.79. The number of aliphatic imine (C=N–C) groups is 1. The quantitative estimate of drug-likeness (QED) is 0.589. The molecule has 0 saturated carbocycles. The number of nitrogens with one attached hydrogen (secondary N) is 1. The summed E-state index contributed by atoms with van der Waals surface area (Å²) in [5.74, 6) is 1.37. The first-order valence-corrected chi connectivity index (χ1v) is 8.63. The molecule has 2 aromatic carbocycles. The third-order valence-electron chi connectivity index (χ3n) is 3.96. The molecule has 0 bridgehead atoms. The van der Waals surface area contributed by atoms with Gasteiger partial charge in [0.25, 0.3) is 0 Å². The van der Waals surface area contributed by atoms with Crippen LogP contribution in [0.1, 0.15) is 18.1 Å². The number of aromatic hydroxyl groups is 1. The SMILES string of the molecule is CCNC(=NCCc1ccc(OC)cc1O)N(C)Cc1ccc(F)cc1. The minimum absolute atomic E-state index is 0.212. The molecule has 2 N–H and O–H groups in total. The Hall–Kier alpha value is -2.76. The second kappa shape index (κ2) is 9.65. The Labute approximate surface area is 154 Å². The molecule has 5 nitrogen and oxygen atoms in total. The number of guanidine groups is 1. The Morgan fingerprint density at radius 3 is 2.58 bits per heavy atom. The number of hydrogen-bond donors (Lipinski definition) is 2. The van der Waals surface area contributed by atoms with Crippen molar-refractivity contribution in [3.05, 3.63) is 59.4 Å². The average Bonchev–Trinajstić information content (AvgIpc) is 2.64. The van der Waals surface area contributed by atoms with E-state index in [1.54, 1.807) is 25.3 Å². The summed E-state index contributed by atoms with van der Waals surface area (Å²) >= 11 is 0. The van der Waals surface area contributed by atoms with Gasteiger partial charge in [-0.05, 0) is 42.7 Å². The zero-order valence-electron chi connectivity index (χ0n) is 15.5. The van der Waals surface area contributed by atoms with Crippen LogP contribution >= 0.6 is 0 Å². The summed E-state index contributed by atoms with van der Waals surface area (Å²) < 4.78 is 18.1. The fraction of sp³-hybridized carbons (Fsp3) is 0.350. The molecule has 0 saturated heterocycles. The van der Waals surface area contributed by atoms with Crippen molar-refractivity contribution >= 4 is 5.96 Å². The van der Waals surface area contributed by atoms with Gasteiger partial charge in [0.1, 0.15) is 17.3 Å². The van der Waals surface area contributed by atoms with Gasteiger partial charge >= 0.3 is 0 Å². The van der Waals surface area contributed by atoms with Gasteiger partial charge in [0.05, 0.1) is 7.11 Å². The first-order valence-electron chi connectivity index (χ1n) is 8.63. The van der Waals surface area contributed by atoms with Gasteiger partial charge in [-0.1, -0.05) is 18.2 Å². The molecule has 2 aromatic rings. The maximum absolute atomic E-state index is 13.0. The topological polar surface area (TPSA) is 57.1 Å². The highest BCUT2D eigenvalue weighted by atomic mass is 19.1. The number of benzene rings is 2. The number of methoxy groups -OCH3 is 1. The highest BCUT2D eigenvalue weighted by Gasteiger charge is 2.08. The Morgan fingerprint density at radius 1 is 1.23 bits per heavy atom. The van der Waals surface area contributed by atoms with Crippen LogP contribution in [0.25, 0.3) is 0 Å². The first kappa shape index (κ1) is 19.6. The van der Waals surface area contributed by atoms with Crippen molar-refractivity contribution in [3.8, 4) is 11.5 Å². The molecule has 0 atom stereocenters. The molecule has 0 amide bonds. The van der Waals surface area contributed by atoms with Gasteiger partial charge in [0.2, 0.25) is 0 Å². The summed E-state index contributed by atoms with van der Waals surface area (Å²) in [7, 11) is 3.51. The van der Waals surface area contributed by atoms with Gasteiger partial charge in [0, 0.05) is 32.7 Å². The fourth-order valence-electron chi connectivity index (χ4n) is 2.57. The Kier molecular flexibility index (Phi) is 7.26. The van der Waals surface area contributed by atoms with E-state index in [0.717, 1.165) is 23.6 Å². The predicted octanol–water partition coefficient (Wildman–Crippen LogP) is 3.18. The zero-order valence-corrected chi connectivity index (χ0v) is 15.5. The monoisotopic (exact) mass is 359 g/mol. The third-order valence-corrected chi connectivity index (χ3v) is 3.96. The van der Waals surface area contributed by atoms with Crippen LogP contribution < -0.4 is 10.1 Å². The van der Waals surface area contributed by atoms with Crippen molar-refractivity contribution in [2.45, 2.75) is 19.9 Å². The van der Waals surface area contributed by atoms with E-state index in [0.29, 0.717) is 25.3 Å². The van der Waals surface area contributed by atoms with Crippen molar-refractivity contribution in [2.24, 2.45) is 4.99 Å². The van der Waals surface area contributed by atoms with Gasteiger partial charge in [0.15, 0.2) is 5.96 Å². The normalized spacial score (nSPS) is 11.3. The molecule has 0 aliphatic heterocycles. The van der Waals surface area contributed by atoms with Gasteiger partial charge in [-0.3, -0.25) is 4.99 Å². The number of halogens is 1. The highest BCUT2D eigenvalue weighted by Crippen LogP contribution is 2.23. The molecule has 2 rings (SSSR count). The molecule has 0 spiro atoms. The maximum Gasteiger partial charge on any atom is 0.193 e. The van der Waals surface area contributed by atoms with Crippen molar-refractivity contribution in [1.82, 2.24) is 10.2 Å².